The van der Waals surface area contributed by atoms with Crippen molar-refractivity contribution < 1.29 is 4.79 Å². The number of nitrogens with zero attached hydrogens (tertiary/aromatic N) is 3. The highest BCUT2D eigenvalue weighted by Gasteiger charge is 2.31. The normalized spacial score (nSPS) is 21.9. The molecule has 3 heterocycles. The maximum atomic E-state index is 12.8. The molecule has 1 saturated heterocycles. The zero-order valence-corrected chi connectivity index (χ0v) is 13.2. The Morgan fingerprint density at radius 1 is 1.23 bits per heavy atom. The third kappa shape index (κ3) is 2.31. The number of likely N-dealkylation sites (tertiary alicyclic amines) is 1. The molecule has 2 aromatic rings. The fourth-order valence-corrected chi connectivity index (χ4v) is 3.89. The second-order valence-electron chi connectivity index (χ2n) is 6.77. The van der Waals surface area contributed by atoms with Gasteiger partial charge in [-0.1, -0.05) is 6.07 Å². The number of hydrogen-bond acceptors (Lipinski definition) is 2. The summed E-state index contributed by atoms with van der Waals surface area (Å²) < 4.78 is 2.19. The number of piperidine rings is 1. The third-order valence-corrected chi connectivity index (χ3v) is 5.13. The van der Waals surface area contributed by atoms with Crippen LogP contribution in [0.15, 0.2) is 18.3 Å². The van der Waals surface area contributed by atoms with Gasteiger partial charge in [-0.25, -0.2) is 4.98 Å². The van der Waals surface area contributed by atoms with Gasteiger partial charge in [0.1, 0.15) is 5.65 Å². The van der Waals surface area contributed by atoms with Crippen LogP contribution < -0.4 is 0 Å². The fraction of sp³-hybridized carbons (Fsp3) is 0.556. The van der Waals surface area contributed by atoms with Crippen molar-refractivity contribution in [1.82, 2.24) is 14.3 Å². The van der Waals surface area contributed by atoms with Crippen molar-refractivity contribution in [3.63, 3.8) is 0 Å². The molecule has 4 nitrogen and oxygen atoms in total. The van der Waals surface area contributed by atoms with Crippen LogP contribution in [-0.2, 0) is 17.6 Å². The van der Waals surface area contributed by atoms with Crippen molar-refractivity contribution in [1.29, 1.82) is 0 Å². The number of imidazole rings is 1. The summed E-state index contributed by atoms with van der Waals surface area (Å²) in [4.78, 5) is 19.6. The summed E-state index contributed by atoms with van der Waals surface area (Å²) in [5, 5.41) is 0. The van der Waals surface area contributed by atoms with Crippen LogP contribution in [0, 0.1) is 12.8 Å². The van der Waals surface area contributed by atoms with Crippen LogP contribution in [-0.4, -0.2) is 33.3 Å². The van der Waals surface area contributed by atoms with E-state index in [0.29, 0.717) is 5.91 Å². The van der Waals surface area contributed by atoms with Crippen molar-refractivity contribution in [3.05, 3.63) is 35.3 Å². The Hall–Kier alpha value is -1.84. The van der Waals surface area contributed by atoms with Gasteiger partial charge in [0.05, 0.1) is 5.69 Å². The van der Waals surface area contributed by atoms with Gasteiger partial charge in [-0.15, -0.1) is 0 Å². The number of aromatic nitrogens is 2. The highest BCUT2D eigenvalue weighted by molar-refractivity contribution is 5.79. The maximum absolute atomic E-state index is 12.8. The molecule has 1 atom stereocenters. The minimum atomic E-state index is 0.144. The van der Waals surface area contributed by atoms with E-state index in [9.17, 15) is 4.79 Å². The molecular formula is C18H23N3O. The van der Waals surface area contributed by atoms with Crippen molar-refractivity contribution in [2.45, 2.75) is 45.4 Å². The molecule has 0 N–H and O–H groups in total. The molecular weight excluding hydrogens is 274 g/mol. The summed E-state index contributed by atoms with van der Waals surface area (Å²) in [6, 6.07) is 4.18. The van der Waals surface area contributed by atoms with E-state index in [-0.39, 0.29) is 5.92 Å². The first-order valence-corrected chi connectivity index (χ1v) is 8.47. The maximum Gasteiger partial charge on any atom is 0.226 e. The molecule has 0 radical (unpaired) electrons. The van der Waals surface area contributed by atoms with Gasteiger partial charge in [-0.3, -0.25) is 4.79 Å². The largest absolute Gasteiger partial charge is 0.342 e. The minimum Gasteiger partial charge on any atom is -0.342 e. The van der Waals surface area contributed by atoms with E-state index in [4.69, 9.17) is 4.98 Å². The zero-order chi connectivity index (χ0) is 15.1. The van der Waals surface area contributed by atoms with Gasteiger partial charge in [0.2, 0.25) is 5.91 Å². The van der Waals surface area contributed by atoms with E-state index < -0.39 is 0 Å². The molecule has 4 heteroatoms. The first kappa shape index (κ1) is 13.8. The Kier molecular flexibility index (Phi) is 3.40. The molecule has 0 aromatic carbocycles. The summed E-state index contributed by atoms with van der Waals surface area (Å²) in [6.45, 7) is 4.01. The van der Waals surface area contributed by atoms with Gasteiger partial charge >= 0.3 is 0 Å². The fourth-order valence-electron chi connectivity index (χ4n) is 3.89. The minimum absolute atomic E-state index is 0.144. The lowest BCUT2D eigenvalue weighted by Crippen LogP contribution is -2.41. The van der Waals surface area contributed by atoms with Crippen molar-refractivity contribution in [2.24, 2.45) is 5.92 Å². The number of carbonyl (C=O) groups is 1. The summed E-state index contributed by atoms with van der Waals surface area (Å²) in [5.74, 6) is 0.513. The van der Waals surface area contributed by atoms with E-state index in [1.807, 2.05) is 0 Å². The molecule has 0 spiro atoms. The second kappa shape index (κ2) is 5.41. The smallest absolute Gasteiger partial charge is 0.226 e. The lowest BCUT2D eigenvalue weighted by atomic mass is 9.88. The lowest BCUT2D eigenvalue weighted by Gasteiger charge is -2.31. The predicted octanol–water partition coefficient (Wildman–Crippen LogP) is 2.76. The van der Waals surface area contributed by atoms with Crippen LogP contribution in [0.25, 0.3) is 5.65 Å². The number of rotatable bonds is 1. The summed E-state index contributed by atoms with van der Waals surface area (Å²) in [7, 11) is 0. The Balaban J connectivity index is 1.61. The monoisotopic (exact) mass is 297 g/mol. The predicted molar refractivity (Wildman–Crippen MR) is 85.9 cm³/mol. The highest BCUT2D eigenvalue weighted by atomic mass is 16.2. The topological polar surface area (TPSA) is 37.6 Å². The van der Waals surface area contributed by atoms with Crippen LogP contribution in [0.2, 0.25) is 0 Å². The Morgan fingerprint density at radius 2 is 2.05 bits per heavy atom. The molecule has 1 amide bonds. The molecule has 2 aromatic heterocycles. The van der Waals surface area contributed by atoms with Gasteiger partial charge < -0.3 is 9.30 Å². The SMILES string of the molecule is Cc1ccc2nc3c(n2c1)CC(C(=O)N1CCCCC1)CC3. The van der Waals surface area contributed by atoms with Crippen LogP contribution in [0.1, 0.15) is 42.6 Å². The van der Waals surface area contributed by atoms with Gasteiger partial charge in [-0.2, -0.15) is 0 Å². The number of carbonyl (C=O) groups excluding carboxylic acids is 1. The van der Waals surface area contributed by atoms with E-state index in [1.54, 1.807) is 0 Å². The molecule has 0 saturated carbocycles. The lowest BCUT2D eigenvalue weighted by molar-refractivity contribution is -0.136. The van der Waals surface area contributed by atoms with Crippen molar-refractivity contribution in [3.8, 4) is 0 Å². The average molecular weight is 297 g/mol. The number of fused-ring (bicyclic) bond motifs is 3. The summed E-state index contributed by atoms with van der Waals surface area (Å²) in [6.07, 6.45) is 8.47. The molecule has 1 aliphatic heterocycles. The Morgan fingerprint density at radius 3 is 2.86 bits per heavy atom. The average Bonchev–Trinajstić information content (AvgIpc) is 2.92. The van der Waals surface area contributed by atoms with Gasteiger partial charge in [0.25, 0.3) is 0 Å². The number of pyridine rings is 1. The summed E-state index contributed by atoms with van der Waals surface area (Å²) in [5.41, 5.74) is 4.69. The van der Waals surface area contributed by atoms with Crippen LogP contribution in [0.4, 0.5) is 0 Å². The quantitative estimate of drug-likeness (QED) is 0.811. The van der Waals surface area contributed by atoms with Crippen LogP contribution in [0.5, 0.6) is 0 Å². The second-order valence-corrected chi connectivity index (χ2v) is 6.77. The summed E-state index contributed by atoms with van der Waals surface area (Å²) >= 11 is 0. The first-order chi connectivity index (χ1) is 10.7. The van der Waals surface area contributed by atoms with E-state index in [2.05, 4.69) is 34.6 Å². The molecule has 0 bridgehead atoms. The molecule has 116 valence electrons. The van der Waals surface area contributed by atoms with E-state index in [0.717, 1.165) is 38.0 Å². The highest BCUT2D eigenvalue weighted by Crippen LogP contribution is 2.28. The molecule has 2 aliphatic rings. The first-order valence-electron chi connectivity index (χ1n) is 8.47. The van der Waals surface area contributed by atoms with Crippen molar-refractivity contribution >= 4 is 11.6 Å². The number of amides is 1. The molecule has 1 unspecified atom stereocenters. The van der Waals surface area contributed by atoms with Crippen molar-refractivity contribution in [2.75, 3.05) is 13.1 Å². The van der Waals surface area contributed by atoms with E-state index >= 15 is 0 Å². The Labute approximate surface area is 131 Å². The third-order valence-electron chi connectivity index (χ3n) is 5.13. The van der Waals surface area contributed by atoms with Gasteiger partial charge in [0, 0.05) is 37.3 Å². The number of aryl methyl sites for hydroxylation is 2. The molecule has 1 aliphatic carbocycles. The van der Waals surface area contributed by atoms with E-state index in [1.165, 1.54) is 36.2 Å². The molecule has 1 fully saturated rings. The van der Waals surface area contributed by atoms with Crippen LogP contribution in [0.3, 0.4) is 0 Å². The standard InChI is InChI=1S/C18H23N3O/c1-13-5-8-17-19-15-7-6-14(11-16(15)21(17)12-13)18(22)20-9-3-2-4-10-20/h5,8,12,14H,2-4,6-7,9-11H2,1H3. The zero-order valence-electron chi connectivity index (χ0n) is 13.2. The Bertz CT molecular complexity index is 712. The van der Waals surface area contributed by atoms with Gasteiger partial charge in [-0.05, 0) is 50.7 Å². The van der Waals surface area contributed by atoms with Gasteiger partial charge in [0.15, 0.2) is 0 Å². The molecule has 4 rings (SSSR count). The molecule has 22 heavy (non-hydrogen) atoms. The van der Waals surface area contributed by atoms with Crippen LogP contribution >= 0.6 is 0 Å². The number of hydrogen-bond donors (Lipinski definition) is 0.